The number of carbonyl (C=O) groups excluding carboxylic acids is 2. The van der Waals surface area contributed by atoms with Gasteiger partial charge in [0.05, 0.1) is 12.0 Å². The quantitative estimate of drug-likeness (QED) is 0.853. The number of amides is 2. The summed E-state index contributed by atoms with van der Waals surface area (Å²) in [5.41, 5.74) is 0.278. The predicted octanol–water partition coefficient (Wildman–Crippen LogP) is 1.16. The van der Waals surface area contributed by atoms with Crippen molar-refractivity contribution in [3.63, 3.8) is 0 Å². The van der Waals surface area contributed by atoms with Crippen molar-refractivity contribution >= 4 is 23.5 Å². The number of nitrogens with one attached hydrogen (secondary N) is 1. The van der Waals surface area contributed by atoms with Gasteiger partial charge in [0.2, 0.25) is 5.91 Å². The Hall–Kier alpha value is -2.44. The number of halogens is 1. The van der Waals surface area contributed by atoms with E-state index < -0.39 is 17.7 Å². The molecular formula is C14H15FN2O4. The number of hydrogen-bond acceptors (Lipinski definition) is 3. The van der Waals surface area contributed by atoms with Crippen LogP contribution in [-0.2, 0) is 9.59 Å². The number of rotatable bonds is 5. The molecule has 0 unspecified atom stereocenters. The SMILES string of the molecule is O=C(O)CCNC(=O)c1cc(N2CCCC2=O)ccc1F. The molecule has 1 fully saturated rings. The standard InChI is InChI=1S/C14H15FN2O4/c15-11-4-3-9(17-7-1-2-12(17)18)8-10(11)14(21)16-6-5-13(19)20/h3-4,8H,1-2,5-7H2,(H,16,21)(H,19,20). The maximum Gasteiger partial charge on any atom is 0.305 e. The summed E-state index contributed by atoms with van der Waals surface area (Å²) in [5, 5.41) is 10.8. The lowest BCUT2D eigenvalue weighted by Gasteiger charge is -2.16. The minimum absolute atomic E-state index is 0.0566. The lowest BCUT2D eigenvalue weighted by molar-refractivity contribution is -0.136. The average Bonchev–Trinajstić information content (AvgIpc) is 2.85. The smallest absolute Gasteiger partial charge is 0.305 e. The molecule has 21 heavy (non-hydrogen) atoms. The van der Waals surface area contributed by atoms with Crippen molar-refractivity contribution in [2.45, 2.75) is 19.3 Å². The van der Waals surface area contributed by atoms with Crippen molar-refractivity contribution in [2.75, 3.05) is 18.0 Å². The molecule has 6 nitrogen and oxygen atoms in total. The molecule has 7 heteroatoms. The monoisotopic (exact) mass is 294 g/mol. The summed E-state index contributed by atoms with van der Waals surface area (Å²) in [4.78, 5) is 35.4. The molecule has 0 radical (unpaired) electrons. The summed E-state index contributed by atoms with van der Waals surface area (Å²) < 4.78 is 13.7. The van der Waals surface area contributed by atoms with Gasteiger partial charge in [-0.2, -0.15) is 0 Å². The molecule has 0 aliphatic carbocycles. The topological polar surface area (TPSA) is 86.7 Å². The first-order valence-electron chi connectivity index (χ1n) is 6.59. The summed E-state index contributed by atoms with van der Waals surface area (Å²) in [7, 11) is 0. The Morgan fingerprint density at radius 1 is 1.38 bits per heavy atom. The second-order valence-electron chi connectivity index (χ2n) is 4.71. The maximum atomic E-state index is 13.7. The summed E-state index contributed by atoms with van der Waals surface area (Å²) in [6, 6.07) is 3.90. The van der Waals surface area contributed by atoms with Crippen LogP contribution in [0.1, 0.15) is 29.6 Å². The minimum atomic E-state index is -1.05. The lowest BCUT2D eigenvalue weighted by atomic mass is 10.1. The zero-order valence-electron chi connectivity index (χ0n) is 11.3. The van der Waals surface area contributed by atoms with E-state index in [4.69, 9.17) is 5.11 Å². The molecule has 1 aliphatic rings. The molecule has 112 valence electrons. The fraction of sp³-hybridized carbons (Fsp3) is 0.357. The highest BCUT2D eigenvalue weighted by Gasteiger charge is 2.23. The van der Waals surface area contributed by atoms with Gasteiger partial charge in [0.1, 0.15) is 5.82 Å². The van der Waals surface area contributed by atoms with Crippen LogP contribution in [0.3, 0.4) is 0 Å². The average molecular weight is 294 g/mol. The largest absolute Gasteiger partial charge is 0.481 e. The van der Waals surface area contributed by atoms with Gasteiger partial charge in [-0.25, -0.2) is 4.39 Å². The third kappa shape index (κ3) is 3.56. The molecule has 1 heterocycles. The van der Waals surface area contributed by atoms with Gasteiger partial charge in [-0.05, 0) is 24.6 Å². The predicted molar refractivity (Wildman–Crippen MR) is 72.6 cm³/mol. The van der Waals surface area contributed by atoms with Crippen molar-refractivity contribution < 1.29 is 23.9 Å². The van der Waals surface area contributed by atoms with Crippen LogP contribution in [0.2, 0.25) is 0 Å². The lowest BCUT2D eigenvalue weighted by Crippen LogP contribution is -2.28. The first-order valence-corrected chi connectivity index (χ1v) is 6.59. The Balaban J connectivity index is 2.13. The van der Waals surface area contributed by atoms with E-state index in [1.54, 1.807) is 0 Å². The van der Waals surface area contributed by atoms with Crippen LogP contribution < -0.4 is 10.2 Å². The van der Waals surface area contributed by atoms with Crippen molar-refractivity contribution in [1.29, 1.82) is 0 Å². The Bertz CT molecular complexity index is 588. The molecule has 0 spiro atoms. The second-order valence-corrected chi connectivity index (χ2v) is 4.71. The molecule has 0 bridgehead atoms. The van der Waals surface area contributed by atoms with Crippen LogP contribution >= 0.6 is 0 Å². The minimum Gasteiger partial charge on any atom is -0.481 e. The molecule has 2 rings (SSSR count). The van der Waals surface area contributed by atoms with Crippen molar-refractivity contribution in [3.8, 4) is 0 Å². The van der Waals surface area contributed by atoms with Crippen LogP contribution in [0, 0.1) is 5.82 Å². The van der Waals surface area contributed by atoms with E-state index in [2.05, 4.69) is 5.32 Å². The van der Waals surface area contributed by atoms with E-state index >= 15 is 0 Å². The van der Waals surface area contributed by atoms with Gasteiger partial charge in [-0.1, -0.05) is 0 Å². The summed E-state index contributed by atoms with van der Waals surface area (Å²) in [6.07, 6.45) is 0.936. The number of carboxylic acid groups (broad SMARTS) is 1. The summed E-state index contributed by atoms with van der Waals surface area (Å²) in [5.74, 6) is -2.51. The second kappa shape index (κ2) is 6.34. The Morgan fingerprint density at radius 2 is 2.14 bits per heavy atom. The zero-order chi connectivity index (χ0) is 15.4. The number of aliphatic carboxylic acids is 1. The molecule has 1 aromatic rings. The maximum absolute atomic E-state index is 13.7. The third-order valence-corrected chi connectivity index (χ3v) is 3.20. The van der Waals surface area contributed by atoms with Gasteiger partial charge in [0.15, 0.2) is 0 Å². The van der Waals surface area contributed by atoms with E-state index in [9.17, 15) is 18.8 Å². The number of anilines is 1. The highest BCUT2D eigenvalue weighted by Crippen LogP contribution is 2.23. The van der Waals surface area contributed by atoms with E-state index in [0.29, 0.717) is 18.7 Å². The first kappa shape index (κ1) is 15.0. The number of nitrogens with zero attached hydrogens (tertiary/aromatic N) is 1. The van der Waals surface area contributed by atoms with Gasteiger partial charge >= 0.3 is 5.97 Å². The molecule has 2 N–H and O–H groups in total. The van der Waals surface area contributed by atoms with E-state index in [1.807, 2.05) is 0 Å². The first-order chi connectivity index (χ1) is 9.99. The Kier molecular flexibility index (Phi) is 4.52. The molecule has 1 aliphatic heterocycles. The number of carboxylic acids is 1. The molecule has 1 saturated heterocycles. The van der Waals surface area contributed by atoms with Gasteiger partial charge < -0.3 is 15.3 Å². The zero-order valence-corrected chi connectivity index (χ0v) is 11.3. The molecule has 2 amide bonds. The van der Waals surface area contributed by atoms with Crippen LogP contribution in [0.4, 0.5) is 10.1 Å². The van der Waals surface area contributed by atoms with Crippen LogP contribution in [0.5, 0.6) is 0 Å². The fourth-order valence-corrected chi connectivity index (χ4v) is 2.15. The van der Waals surface area contributed by atoms with E-state index in [-0.39, 0.29) is 24.4 Å². The summed E-state index contributed by atoms with van der Waals surface area (Å²) >= 11 is 0. The van der Waals surface area contributed by atoms with Gasteiger partial charge in [0.25, 0.3) is 5.91 Å². The van der Waals surface area contributed by atoms with E-state index in [1.165, 1.54) is 17.0 Å². The number of hydrogen-bond donors (Lipinski definition) is 2. The van der Waals surface area contributed by atoms with Gasteiger partial charge in [-0.15, -0.1) is 0 Å². The van der Waals surface area contributed by atoms with Gasteiger partial charge in [0, 0.05) is 25.2 Å². The molecule has 0 saturated carbocycles. The van der Waals surface area contributed by atoms with Crippen LogP contribution in [-0.4, -0.2) is 36.0 Å². The third-order valence-electron chi connectivity index (χ3n) is 3.20. The summed E-state index contributed by atoms with van der Waals surface area (Å²) in [6.45, 7) is 0.463. The fourth-order valence-electron chi connectivity index (χ4n) is 2.15. The molecule has 0 aromatic heterocycles. The molecule has 1 aromatic carbocycles. The Labute approximate surface area is 120 Å². The van der Waals surface area contributed by atoms with Gasteiger partial charge in [-0.3, -0.25) is 14.4 Å². The molecule has 0 atom stereocenters. The highest BCUT2D eigenvalue weighted by molar-refractivity contribution is 5.99. The molecular weight excluding hydrogens is 279 g/mol. The number of carbonyl (C=O) groups is 3. The Morgan fingerprint density at radius 3 is 2.76 bits per heavy atom. The van der Waals surface area contributed by atoms with Crippen molar-refractivity contribution in [1.82, 2.24) is 5.32 Å². The van der Waals surface area contributed by atoms with Crippen LogP contribution in [0.25, 0.3) is 0 Å². The van der Waals surface area contributed by atoms with Crippen LogP contribution in [0.15, 0.2) is 18.2 Å². The normalized spacial score (nSPS) is 14.3. The van der Waals surface area contributed by atoms with Crippen molar-refractivity contribution in [2.24, 2.45) is 0 Å². The van der Waals surface area contributed by atoms with Crippen molar-refractivity contribution in [3.05, 3.63) is 29.6 Å². The number of benzene rings is 1. The highest BCUT2D eigenvalue weighted by atomic mass is 19.1. The van der Waals surface area contributed by atoms with E-state index in [0.717, 1.165) is 12.5 Å².